The van der Waals surface area contributed by atoms with Crippen molar-refractivity contribution in [1.29, 1.82) is 0 Å². The topological polar surface area (TPSA) is 57.7 Å². The van der Waals surface area contributed by atoms with E-state index < -0.39 is 0 Å². The Morgan fingerprint density at radius 2 is 1.96 bits per heavy atom. The van der Waals surface area contributed by atoms with Crippen molar-refractivity contribution >= 4 is 40.2 Å². The molecule has 1 fully saturated rings. The lowest BCUT2D eigenvalue weighted by atomic mass is 10.1. The summed E-state index contributed by atoms with van der Waals surface area (Å²) in [5.41, 5.74) is 1.98. The van der Waals surface area contributed by atoms with E-state index in [0.29, 0.717) is 16.3 Å². The van der Waals surface area contributed by atoms with Crippen LogP contribution in [0.15, 0.2) is 34.2 Å². The number of nitrogens with zero attached hydrogens (tertiary/aromatic N) is 2. The van der Waals surface area contributed by atoms with E-state index in [1.165, 1.54) is 12.8 Å². The molecule has 1 N–H and O–H groups in total. The van der Waals surface area contributed by atoms with E-state index in [4.69, 9.17) is 16.4 Å². The maximum Gasteiger partial charge on any atom is 0.261 e. The summed E-state index contributed by atoms with van der Waals surface area (Å²) in [6.45, 7) is 5.43. The fourth-order valence-electron chi connectivity index (χ4n) is 3.45. The highest BCUT2D eigenvalue weighted by molar-refractivity contribution is 6.31. The number of fused-ring (bicyclic) bond motifs is 1. The molecule has 138 valence electrons. The van der Waals surface area contributed by atoms with Gasteiger partial charge in [-0.15, -0.1) is 0 Å². The van der Waals surface area contributed by atoms with Crippen LogP contribution in [0.2, 0.25) is 5.02 Å². The minimum atomic E-state index is -0.182. The van der Waals surface area contributed by atoms with Gasteiger partial charge in [0.05, 0.1) is 11.2 Å². The molecule has 2 heterocycles. The first kappa shape index (κ1) is 18.5. The molecule has 3 rings (SSSR count). The summed E-state index contributed by atoms with van der Waals surface area (Å²) < 4.78 is 0. The van der Waals surface area contributed by atoms with Gasteiger partial charge >= 0.3 is 0 Å². The molecule has 5 nitrogen and oxygen atoms in total. The lowest BCUT2D eigenvalue weighted by Gasteiger charge is -2.27. The third-order valence-electron chi connectivity index (χ3n) is 4.64. The zero-order chi connectivity index (χ0) is 18.5. The predicted molar refractivity (Wildman–Crippen MR) is 109 cm³/mol. The zero-order valence-corrected chi connectivity index (χ0v) is 16.0. The monoisotopic (exact) mass is 373 g/mol. The number of hydrogen-bond acceptors (Lipinski definition) is 4. The minimum Gasteiger partial charge on any atom is -0.370 e. The van der Waals surface area contributed by atoms with Crippen molar-refractivity contribution in [2.45, 2.75) is 39.5 Å². The lowest BCUT2D eigenvalue weighted by Crippen LogP contribution is -2.28. The second kappa shape index (κ2) is 8.41. The molecule has 1 aliphatic rings. The van der Waals surface area contributed by atoms with Gasteiger partial charge in [-0.05, 0) is 51.0 Å². The summed E-state index contributed by atoms with van der Waals surface area (Å²) in [5.74, 6) is 0.450. The van der Waals surface area contributed by atoms with Gasteiger partial charge in [-0.1, -0.05) is 29.6 Å². The molecule has 0 bridgehead atoms. The van der Waals surface area contributed by atoms with Crippen molar-refractivity contribution in [3.05, 3.63) is 45.2 Å². The number of H-pyrrole nitrogens is 1. The summed E-state index contributed by atoms with van der Waals surface area (Å²) in [6, 6.07) is 5.55. The minimum absolute atomic E-state index is 0.182. The quantitative estimate of drug-likeness (QED) is 0.469. The van der Waals surface area contributed by atoms with Gasteiger partial charge in [0.15, 0.2) is 5.76 Å². The molecule has 0 unspecified atom stereocenters. The fraction of sp³-hybridized carbons (Fsp3) is 0.400. The molecule has 2 aromatic rings. The highest BCUT2D eigenvalue weighted by atomic mass is 35.5. The highest BCUT2D eigenvalue weighted by Gasteiger charge is 2.23. The normalized spacial score (nSPS) is 16.3. The molecule has 1 aromatic heterocycles. The van der Waals surface area contributed by atoms with Gasteiger partial charge in [0.1, 0.15) is 5.56 Å². The molecule has 0 atom stereocenters. The Kier molecular flexibility index (Phi) is 5.99. The number of hydrogen-bond donors (Lipinski definition) is 1. The molecule has 1 aromatic carbocycles. The van der Waals surface area contributed by atoms with Gasteiger partial charge < -0.3 is 14.7 Å². The predicted octanol–water partition coefficient (Wildman–Crippen LogP) is 4.95. The van der Waals surface area contributed by atoms with E-state index in [9.17, 15) is 4.79 Å². The van der Waals surface area contributed by atoms with Crippen LogP contribution in [-0.4, -0.2) is 24.3 Å². The van der Waals surface area contributed by atoms with Crippen molar-refractivity contribution in [3.8, 4) is 0 Å². The molecule has 0 aliphatic carbocycles. The number of rotatable bonds is 4. The van der Waals surface area contributed by atoms with E-state index in [0.717, 1.165) is 42.5 Å². The SMILES string of the molecule is C/C=C(\O/N=C/C)c1c(N2CCCCCC2)c2cc(Cl)ccc2[nH]c1=O. The molecule has 6 heteroatoms. The number of pyridine rings is 1. The second-order valence-electron chi connectivity index (χ2n) is 6.38. The van der Waals surface area contributed by atoms with Gasteiger partial charge in [0.25, 0.3) is 5.56 Å². The number of allylic oxidation sites excluding steroid dienone is 1. The van der Waals surface area contributed by atoms with Crippen molar-refractivity contribution in [2.75, 3.05) is 18.0 Å². The summed E-state index contributed by atoms with van der Waals surface area (Å²) in [7, 11) is 0. The van der Waals surface area contributed by atoms with E-state index in [1.54, 1.807) is 25.3 Å². The van der Waals surface area contributed by atoms with Crippen molar-refractivity contribution in [3.63, 3.8) is 0 Å². The van der Waals surface area contributed by atoms with Crippen LogP contribution in [0.25, 0.3) is 16.7 Å². The van der Waals surface area contributed by atoms with Crippen LogP contribution in [0.1, 0.15) is 45.1 Å². The average molecular weight is 374 g/mol. The molecule has 0 spiro atoms. The van der Waals surface area contributed by atoms with Crippen LogP contribution in [0.3, 0.4) is 0 Å². The number of benzene rings is 1. The number of halogens is 1. The number of aromatic amines is 1. The first-order valence-corrected chi connectivity index (χ1v) is 9.45. The number of oxime groups is 1. The Morgan fingerprint density at radius 3 is 2.62 bits per heavy atom. The van der Waals surface area contributed by atoms with Crippen LogP contribution in [0.4, 0.5) is 5.69 Å². The van der Waals surface area contributed by atoms with E-state index in [-0.39, 0.29) is 5.56 Å². The summed E-state index contributed by atoms with van der Waals surface area (Å²) >= 11 is 6.27. The molecule has 1 saturated heterocycles. The highest BCUT2D eigenvalue weighted by Crippen LogP contribution is 2.35. The van der Waals surface area contributed by atoms with Crippen LogP contribution in [0, 0.1) is 0 Å². The lowest BCUT2D eigenvalue weighted by molar-refractivity contribution is 0.299. The number of anilines is 1. The van der Waals surface area contributed by atoms with Crippen molar-refractivity contribution in [2.24, 2.45) is 5.16 Å². The first-order chi connectivity index (χ1) is 12.7. The Bertz CT molecular complexity index is 894. The molecular formula is C20H24ClN3O2. The van der Waals surface area contributed by atoms with Crippen LogP contribution < -0.4 is 10.5 Å². The van der Waals surface area contributed by atoms with E-state index in [2.05, 4.69) is 15.0 Å². The third-order valence-corrected chi connectivity index (χ3v) is 4.87. The smallest absolute Gasteiger partial charge is 0.261 e. The largest absolute Gasteiger partial charge is 0.370 e. The molecule has 1 aliphatic heterocycles. The Labute approximate surface area is 158 Å². The Balaban J connectivity index is 2.29. The van der Waals surface area contributed by atoms with Crippen molar-refractivity contribution < 1.29 is 4.84 Å². The third kappa shape index (κ3) is 3.78. The first-order valence-electron chi connectivity index (χ1n) is 9.08. The standard InChI is InChI=1S/C20H24ClN3O2/c1-3-17(26-22-4-2)18-19(24-11-7-5-6-8-12-24)15-13-14(21)9-10-16(15)23-20(18)25/h3-4,9-10,13H,5-8,11-12H2,1-2H3,(H,23,25)/b17-3-,22-4+. The van der Waals surface area contributed by atoms with Crippen LogP contribution in [-0.2, 0) is 4.84 Å². The summed E-state index contributed by atoms with van der Waals surface area (Å²) in [6.07, 6.45) is 7.96. The fourth-order valence-corrected chi connectivity index (χ4v) is 3.62. The van der Waals surface area contributed by atoms with Gasteiger partial charge in [-0.2, -0.15) is 0 Å². The molecule has 0 amide bonds. The van der Waals surface area contributed by atoms with Crippen LogP contribution in [0.5, 0.6) is 0 Å². The van der Waals surface area contributed by atoms with E-state index in [1.807, 2.05) is 19.1 Å². The van der Waals surface area contributed by atoms with Gasteiger partial charge in [0.2, 0.25) is 0 Å². The second-order valence-corrected chi connectivity index (χ2v) is 6.81. The molecular weight excluding hydrogens is 350 g/mol. The van der Waals surface area contributed by atoms with Gasteiger partial charge in [-0.3, -0.25) is 4.79 Å². The average Bonchev–Trinajstić information content (AvgIpc) is 2.92. The summed E-state index contributed by atoms with van der Waals surface area (Å²) in [4.78, 5) is 23.7. The molecule has 0 saturated carbocycles. The van der Waals surface area contributed by atoms with Crippen LogP contribution >= 0.6 is 11.6 Å². The summed E-state index contributed by atoms with van der Waals surface area (Å²) in [5, 5.41) is 5.44. The maximum atomic E-state index is 12.9. The number of aromatic nitrogens is 1. The maximum absolute atomic E-state index is 12.9. The molecule has 0 radical (unpaired) electrons. The van der Waals surface area contributed by atoms with Gasteiger partial charge in [0, 0.05) is 29.7 Å². The Hall–Kier alpha value is -2.27. The number of nitrogens with one attached hydrogen (secondary N) is 1. The molecule has 26 heavy (non-hydrogen) atoms. The zero-order valence-electron chi connectivity index (χ0n) is 15.2. The van der Waals surface area contributed by atoms with E-state index >= 15 is 0 Å². The van der Waals surface area contributed by atoms with Gasteiger partial charge in [-0.25, -0.2) is 0 Å². The van der Waals surface area contributed by atoms with Crippen molar-refractivity contribution in [1.82, 2.24) is 4.98 Å². The Morgan fingerprint density at radius 1 is 1.23 bits per heavy atom.